The van der Waals surface area contributed by atoms with Gasteiger partial charge in [0.25, 0.3) is 5.91 Å². The highest BCUT2D eigenvalue weighted by atomic mass is 32.1. The second-order valence-electron chi connectivity index (χ2n) is 3.58. The fourth-order valence-electron chi connectivity index (χ4n) is 1.31. The average Bonchev–Trinajstić information content (AvgIpc) is 2.96. The Morgan fingerprint density at radius 3 is 2.74 bits per heavy atom. The van der Waals surface area contributed by atoms with Crippen LogP contribution in [0.15, 0.2) is 47.3 Å². The second-order valence-corrected chi connectivity index (χ2v) is 3.99. The van der Waals surface area contributed by atoms with Crippen molar-refractivity contribution in [1.29, 1.82) is 0 Å². The number of nitrogens with one attached hydrogen (secondary N) is 3. The summed E-state index contributed by atoms with van der Waals surface area (Å²) in [6.07, 6.45) is 4.67. The molecule has 0 fully saturated rings. The van der Waals surface area contributed by atoms with Gasteiger partial charge < -0.3 is 9.73 Å². The van der Waals surface area contributed by atoms with Crippen molar-refractivity contribution < 1.29 is 9.21 Å². The Labute approximate surface area is 115 Å². The standard InChI is InChI=1S/C12H12N4O2S/c17-11(9-3-5-13-6-4-9)15-16-12(19)14-8-10-2-1-7-18-10/h1-7H,8H2,(H,15,17)(H2,14,16,19). The van der Waals surface area contributed by atoms with Crippen LogP contribution in [0.4, 0.5) is 0 Å². The molecular weight excluding hydrogens is 264 g/mol. The number of hydrazine groups is 1. The molecule has 2 rings (SSSR count). The molecule has 0 aliphatic carbocycles. The van der Waals surface area contributed by atoms with Gasteiger partial charge in [0.05, 0.1) is 12.8 Å². The summed E-state index contributed by atoms with van der Waals surface area (Å²) in [7, 11) is 0. The zero-order chi connectivity index (χ0) is 13.5. The van der Waals surface area contributed by atoms with E-state index in [9.17, 15) is 4.79 Å². The fourth-order valence-corrected chi connectivity index (χ4v) is 1.44. The zero-order valence-corrected chi connectivity index (χ0v) is 10.7. The first-order chi connectivity index (χ1) is 9.25. The zero-order valence-electron chi connectivity index (χ0n) is 9.92. The molecule has 0 radical (unpaired) electrons. The van der Waals surface area contributed by atoms with E-state index < -0.39 is 0 Å². The van der Waals surface area contributed by atoms with E-state index in [-0.39, 0.29) is 5.91 Å². The van der Waals surface area contributed by atoms with E-state index in [0.29, 0.717) is 17.2 Å². The van der Waals surface area contributed by atoms with Crippen LogP contribution in [0.2, 0.25) is 0 Å². The Balaban J connectivity index is 1.73. The number of furan rings is 1. The van der Waals surface area contributed by atoms with E-state index in [1.807, 2.05) is 6.07 Å². The maximum absolute atomic E-state index is 11.7. The van der Waals surface area contributed by atoms with Crippen molar-refractivity contribution in [3.8, 4) is 0 Å². The molecule has 0 saturated carbocycles. The average molecular weight is 276 g/mol. The fraction of sp³-hybridized carbons (Fsp3) is 0.0833. The Bertz CT molecular complexity index is 542. The minimum atomic E-state index is -0.287. The van der Waals surface area contributed by atoms with Gasteiger partial charge in [-0.1, -0.05) is 0 Å². The van der Waals surface area contributed by atoms with Gasteiger partial charge in [0.1, 0.15) is 5.76 Å². The summed E-state index contributed by atoms with van der Waals surface area (Å²) in [6.45, 7) is 0.448. The highest BCUT2D eigenvalue weighted by Crippen LogP contribution is 1.98. The molecule has 6 nitrogen and oxygen atoms in total. The Kier molecular flexibility index (Phi) is 4.46. The van der Waals surface area contributed by atoms with Crippen LogP contribution in [0, 0.1) is 0 Å². The van der Waals surface area contributed by atoms with E-state index >= 15 is 0 Å². The highest BCUT2D eigenvalue weighted by molar-refractivity contribution is 7.80. The molecule has 2 aromatic heterocycles. The molecule has 0 aromatic carbocycles. The van der Waals surface area contributed by atoms with Crippen LogP contribution >= 0.6 is 12.2 Å². The molecule has 0 bridgehead atoms. The molecule has 0 saturated heterocycles. The number of thiocarbonyl (C=S) groups is 1. The van der Waals surface area contributed by atoms with Gasteiger partial charge in [-0.2, -0.15) is 0 Å². The molecule has 19 heavy (non-hydrogen) atoms. The number of carbonyl (C=O) groups excluding carboxylic acids is 1. The second kappa shape index (κ2) is 6.50. The number of amides is 1. The minimum Gasteiger partial charge on any atom is -0.467 e. The Morgan fingerprint density at radius 2 is 2.05 bits per heavy atom. The van der Waals surface area contributed by atoms with Crippen LogP contribution in [0.1, 0.15) is 16.1 Å². The van der Waals surface area contributed by atoms with Crippen LogP contribution in [0.5, 0.6) is 0 Å². The molecule has 0 spiro atoms. The third kappa shape index (κ3) is 4.07. The number of nitrogens with zero attached hydrogens (tertiary/aromatic N) is 1. The topological polar surface area (TPSA) is 79.2 Å². The first kappa shape index (κ1) is 13.0. The smallest absolute Gasteiger partial charge is 0.269 e. The van der Waals surface area contributed by atoms with Crippen molar-refractivity contribution in [2.45, 2.75) is 6.54 Å². The molecule has 2 heterocycles. The number of hydrogen-bond donors (Lipinski definition) is 3. The SMILES string of the molecule is O=C(NNC(=S)NCc1ccco1)c1ccncc1. The maximum atomic E-state index is 11.7. The molecule has 1 amide bonds. The van der Waals surface area contributed by atoms with E-state index in [1.165, 1.54) is 0 Å². The molecule has 0 aliphatic heterocycles. The van der Waals surface area contributed by atoms with Crippen molar-refractivity contribution in [2.24, 2.45) is 0 Å². The summed E-state index contributed by atoms with van der Waals surface area (Å²) < 4.78 is 5.13. The number of rotatable bonds is 3. The molecule has 7 heteroatoms. The predicted octanol–water partition coefficient (Wildman–Crippen LogP) is 0.984. The summed E-state index contributed by atoms with van der Waals surface area (Å²) in [5.41, 5.74) is 5.58. The third-order valence-electron chi connectivity index (χ3n) is 2.24. The summed E-state index contributed by atoms with van der Waals surface area (Å²) in [5.74, 6) is 0.467. The first-order valence-corrected chi connectivity index (χ1v) is 5.93. The number of carbonyl (C=O) groups is 1. The summed E-state index contributed by atoms with van der Waals surface area (Å²) in [4.78, 5) is 15.5. The van der Waals surface area contributed by atoms with Crippen LogP contribution in [0.25, 0.3) is 0 Å². The Morgan fingerprint density at radius 1 is 1.26 bits per heavy atom. The lowest BCUT2D eigenvalue weighted by molar-refractivity contribution is 0.0943. The van der Waals surface area contributed by atoms with E-state index in [4.69, 9.17) is 16.6 Å². The highest BCUT2D eigenvalue weighted by Gasteiger charge is 2.04. The molecule has 98 valence electrons. The lowest BCUT2D eigenvalue weighted by Crippen LogP contribution is -2.46. The van der Waals surface area contributed by atoms with Crippen molar-refractivity contribution >= 4 is 23.2 Å². The molecule has 0 aliphatic rings. The van der Waals surface area contributed by atoms with Crippen molar-refractivity contribution in [3.05, 3.63) is 54.2 Å². The van der Waals surface area contributed by atoms with Gasteiger partial charge in [-0.3, -0.25) is 20.6 Å². The number of hydrogen-bond acceptors (Lipinski definition) is 4. The van der Waals surface area contributed by atoms with Gasteiger partial charge in [-0.05, 0) is 36.5 Å². The van der Waals surface area contributed by atoms with Crippen molar-refractivity contribution in [1.82, 2.24) is 21.2 Å². The van der Waals surface area contributed by atoms with E-state index in [2.05, 4.69) is 21.2 Å². The number of aromatic nitrogens is 1. The number of pyridine rings is 1. The lowest BCUT2D eigenvalue weighted by atomic mass is 10.3. The molecule has 0 atom stereocenters. The van der Waals surface area contributed by atoms with Gasteiger partial charge in [-0.25, -0.2) is 0 Å². The van der Waals surface area contributed by atoms with Crippen LogP contribution in [-0.2, 0) is 6.54 Å². The van der Waals surface area contributed by atoms with Crippen molar-refractivity contribution in [2.75, 3.05) is 0 Å². The Hall–Kier alpha value is -2.41. The third-order valence-corrected chi connectivity index (χ3v) is 2.48. The van der Waals surface area contributed by atoms with Crippen LogP contribution < -0.4 is 16.2 Å². The van der Waals surface area contributed by atoms with Gasteiger partial charge in [0.2, 0.25) is 0 Å². The summed E-state index contributed by atoms with van der Waals surface area (Å²) in [6, 6.07) is 6.83. The maximum Gasteiger partial charge on any atom is 0.269 e. The van der Waals surface area contributed by atoms with Crippen LogP contribution in [0.3, 0.4) is 0 Å². The minimum absolute atomic E-state index is 0.287. The molecule has 2 aromatic rings. The molecular formula is C12H12N4O2S. The van der Waals surface area contributed by atoms with Gasteiger partial charge in [0, 0.05) is 18.0 Å². The van der Waals surface area contributed by atoms with Gasteiger partial charge in [-0.15, -0.1) is 0 Å². The molecule has 0 unspecified atom stereocenters. The summed E-state index contributed by atoms with van der Waals surface area (Å²) in [5, 5.41) is 3.20. The predicted molar refractivity (Wildman–Crippen MR) is 73.0 cm³/mol. The van der Waals surface area contributed by atoms with Crippen LogP contribution in [-0.4, -0.2) is 16.0 Å². The van der Waals surface area contributed by atoms with E-state index in [0.717, 1.165) is 5.76 Å². The largest absolute Gasteiger partial charge is 0.467 e. The molecule has 3 N–H and O–H groups in total. The monoisotopic (exact) mass is 276 g/mol. The van der Waals surface area contributed by atoms with Gasteiger partial charge >= 0.3 is 0 Å². The van der Waals surface area contributed by atoms with Gasteiger partial charge in [0.15, 0.2) is 5.11 Å². The summed E-state index contributed by atoms with van der Waals surface area (Å²) >= 11 is 5.00. The first-order valence-electron chi connectivity index (χ1n) is 5.52. The van der Waals surface area contributed by atoms with Crippen molar-refractivity contribution in [3.63, 3.8) is 0 Å². The van der Waals surface area contributed by atoms with E-state index in [1.54, 1.807) is 36.9 Å². The lowest BCUT2D eigenvalue weighted by Gasteiger charge is -2.10. The normalized spacial score (nSPS) is 9.68. The quantitative estimate of drug-likeness (QED) is 0.573.